The first-order valence-electron chi connectivity index (χ1n) is 16.0. The topological polar surface area (TPSA) is 306 Å². The molecule has 0 atom stereocenters. The minimum atomic E-state index is -1.12. The van der Waals surface area contributed by atoms with Gasteiger partial charge in [0, 0.05) is 27.4 Å². The number of aromatic nitrogens is 3. The molecule has 0 bridgehead atoms. The van der Waals surface area contributed by atoms with Crippen molar-refractivity contribution in [1.82, 2.24) is 14.1 Å². The Morgan fingerprint density at radius 2 is 0.891 bits per heavy atom. The van der Waals surface area contributed by atoms with Crippen molar-refractivity contribution in [2.45, 2.75) is 0 Å². The highest BCUT2D eigenvalue weighted by Gasteiger charge is 2.33. The lowest BCUT2D eigenvalue weighted by atomic mass is 9.91. The van der Waals surface area contributed by atoms with Gasteiger partial charge in [0.05, 0.1) is 37.3 Å². The quantitative estimate of drug-likeness (QED) is 0.0681. The van der Waals surface area contributed by atoms with Crippen molar-refractivity contribution in [1.29, 1.82) is 0 Å². The van der Waals surface area contributed by atoms with Crippen LogP contribution in [-0.4, -0.2) is 101 Å². The smallest absolute Gasteiger partial charge is 0.206 e. The molecule has 0 saturated heterocycles. The molecule has 14 N–H and O–H groups in total. The summed E-state index contributed by atoms with van der Waals surface area (Å²) < 4.78 is 3.41. The minimum absolute atomic E-state index is 0.0288. The number of pyridine rings is 1. The molecule has 4 aromatic heterocycles. The second kappa shape index (κ2) is 10.5. The van der Waals surface area contributed by atoms with Crippen molar-refractivity contribution in [3.8, 4) is 92.0 Å². The van der Waals surface area contributed by atoms with Gasteiger partial charge in [-0.3, -0.25) is 4.57 Å². The van der Waals surface area contributed by atoms with Crippen molar-refractivity contribution in [3.63, 3.8) is 0 Å². The molecule has 0 fully saturated rings. The fourth-order valence-corrected chi connectivity index (χ4v) is 8.71. The van der Waals surface area contributed by atoms with Crippen molar-refractivity contribution in [3.05, 3.63) is 30.5 Å². The van der Waals surface area contributed by atoms with E-state index in [0.29, 0.717) is 20.2 Å². The first-order chi connectivity index (χ1) is 26.0. The maximum absolute atomic E-state index is 11.3. The summed E-state index contributed by atoms with van der Waals surface area (Å²) in [6, 6.07) is 6.39. The van der Waals surface area contributed by atoms with Crippen molar-refractivity contribution < 1.29 is 71.5 Å². The molecule has 0 unspecified atom stereocenters. The van der Waals surface area contributed by atoms with Gasteiger partial charge in [0.25, 0.3) is 0 Å². The zero-order valence-electron chi connectivity index (χ0n) is 27.9. The third kappa shape index (κ3) is 3.79. The molecule has 20 heteroatoms. The Bertz CT molecular complexity index is 3150. The van der Waals surface area contributed by atoms with E-state index in [1.807, 2.05) is 0 Å². The first kappa shape index (κ1) is 33.3. The van der Waals surface area contributed by atoms with Crippen LogP contribution in [0.5, 0.6) is 80.5 Å². The highest BCUT2D eigenvalue weighted by Crippen LogP contribution is 2.58. The summed E-state index contributed by atoms with van der Waals surface area (Å²) in [6.07, 6.45) is 1.38. The Morgan fingerprint density at radius 1 is 0.436 bits per heavy atom. The fraction of sp³-hybridized carbons (Fsp3) is 0. The van der Waals surface area contributed by atoms with E-state index in [-0.39, 0.29) is 55.3 Å². The Morgan fingerprint density at radius 3 is 1.47 bits per heavy atom. The molecule has 5 aromatic carbocycles. The van der Waals surface area contributed by atoms with Crippen LogP contribution in [0.15, 0.2) is 30.5 Å². The summed E-state index contributed by atoms with van der Waals surface area (Å²) in [7, 11) is 2.68. The van der Waals surface area contributed by atoms with Crippen LogP contribution >= 0.6 is 11.3 Å². The molecular formula is C35H23B2N3O14S. The van der Waals surface area contributed by atoms with Gasteiger partial charge >= 0.3 is 0 Å². The van der Waals surface area contributed by atoms with E-state index in [1.54, 1.807) is 18.2 Å². The van der Waals surface area contributed by atoms with E-state index >= 15 is 0 Å². The summed E-state index contributed by atoms with van der Waals surface area (Å²) in [5.41, 5.74) is -1.06. The monoisotopic (exact) mass is 763 g/mol. The highest BCUT2D eigenvalue weighted by atomic mass is 32.1. The van der Waals surface area contributed by atoms with Gasteiger partial charge in [-0.1, -0.05) is 0 Å². The molecule has 0 aliphatic rings. The van der Waals surface area contributed by atoms with E-state index in [0.717, 1.165) is 11.3 Å². The van der Waals surface area contributed by atoms with Crippen LogP contribution in [-0.2, 0) is 0 Å². The van der Waals surface area contributed by atoms with E-state index in [1.165, 1.54) is 37.1 Å². The fourth-order valence-electron chi connectivity index (χ4n) is 7.56. The third-order valence-electron chi connectivity index (χ3n) is 10.2. The highest BCUT2D eigenvalue weighted by molar-refractivity contribution is 7.26. The number of benzene rings is 5. The zero-order chi connectivity index (χ0) is 39.4. The maximum Gasteiger partial charge on any atom is 0.206 e. The zero-order valence-corrected chi connectivity index (χ0v) is 28.7. The predicted octanol–water partition coefficient (Wildman–Crippen LogP) is 2.04. The average Bonchev–Trinajstić information content (AvgIpc) is 3.86. The van der Waals surface area contributed by atoms with E-state index in [4.69, 9.17) is 0 Å². The molecule has 17 nitrogen and oxygen atoms in total. The van der Waals surface area contributed by atoms with Gasteiger partial charge in [0.2, 0.25) is 23.0 Å². The number of aromatic hydroxyl groups is 14. The number of hydrogen-bond acceptors (Lipinski definition) is 16. The van der Waals surface area contributed by atoms with Crippen molar-refractivity contribution >= 4 is 102 Å². The number of thiophene rings is 1. The Balaban J connectivity index is 1.42. The molecule has 274 valence electrons. The lowest BCUT2D eigenvalue weighted by Gasteiger charge is -2.13. The van der Waals surface area contributed by atoms with Crippen molar-refractivity contribution in [2.24, 2.45) is 0 Å². The van der Waals surface area contributed by atoms with Gasteiger partial charge in [-0.25, -0.2) is 4.98 Å². The number of hydrogen-bond donors (Lipinski definition) is 14. The van der Waals surface area contributed by atoms with Crippen LogP contribution in [0.3, 0.4) is 0 Å². The molecule has 0 aliphatic heterocycles. The molecule has 55 heavy (non-hydrogen) atoms. The normalized spacial score (nSPS) is 12.1. The summed E-state index contributed by atoms with van der Waals surface area (Å²) in [4.78, 5) is 4.53. The van der Waals surface area contributed by atoms with E-state index in [9.17, 15) is 71.5 Å². The van der Waals surface area contributed by atoms with Crippen LogP contribution in [0, 0.1) is 0 Å². The second-order valence-electron chi connectivity index (χ2n) is 13.0. The molecule has 9 rings (SSSR count). The third-order valence-corrected chi connectivity index (χ3v) is 11.4. The minimum Gasteiger partial charge on any atom is -0.506 e. The van der Waals surface area contributed by atoms with E-state index < -0.39 is 91.3 Å². The number of fused-ring (bicyclic) bond motifs is 9. The van der Waals surface area contributed by atoms with Crippen LogP contribution in [0.1, 0.15) is 0 Å². The average molecular weight is 763 g/mol. The lowest BCUT2D eigenvalue weighted by Crippen LogP contribution is -2.10. The molecule has 0 spiro atoms. The number of rotatable bonds is 2. The lowest BCUT2D eigenvalue weighted by molar-refractivity contribution is 0.350. The molecule has 0 aliphatic carbocycles. The van der Waals surface area contributed by atoms with Gasteiger partial charge in [-0.2, -0.15) is 0 Å². The predicted molar refractivity (Wildman–Crippen MR) is 205 cm³/mol. The molecular weight excluding hydrogens is 740 g/mol. The molecule has 0 amide bonds. The molecule has 0 radical (unpaired) electrons. The van der Waals surface area contributed by atoms with Crippen LogP contribution in [0.4, 0.5) is 0 Å². The Labute approximate surface area is 309 Å². The van der Waals surface area contributed by atoms with Crippen LogP contribution in [0.2, 0.25) is 0 Å². The van der Waals surface area contributed by atoms with Gasteiger partial charge < -0.3 is 76.1 Å². The van der Waals surface area contributed by atoms with Gasteiger partial charge in [0.1, 0.15) is 32.5 Å². The van der Waals surface area contributed by atoms with Crippen LogP contribution < -0.4 is 10.9 Å². The van der Waals surface area contributed by atoms with Gasteiger partial charge in [-0.15, -0.1) is 11.3 Å². The number of phenolic OH excluding ortho intramolecular Hbond substituents is 14. The van der Waals surface area contributed by atoms with Gasteiger partial charge in [0.15, 0.2) is 57.6 Å². The maximum atomic E-state index is 11.3. The Hall–Kier alpha value is -7.60. The first-order valence-corrected chi connectivity index (χ1v) is 16.8. The molecule has 9 aromatic rings. The summed E-state index contributed by atoms with van der Waals surface area (Å²) >= 11 is 1.16. The van der Waals surface area contributed by atoms with Crippen LogP contribution in [0.25, 0.3) is 75.3 Å². The summed E-state index contributed by atoms with van der Waals surface area (Å²) in [5.74, 6) is -12.9. The number of phenols is 14. The van der Waals surface area contributed by atoms with Gasteiger partial charge in [-0.05, 0) is 35.2 Å². The number of nitrogens with zero attached hydrogens (tertiary/aromatic N) is 3. The summed E-state index contributed by atoms with van der Waals surface area (Å²) in [5, 5.41) is 151. The van der Waals surface area contributed by atoms with Crippen molar-refractivity contribution in [2.75, 3.05) is 0 Å². The molecule has 4 heterocycles. The largest absolute Gasteiger partial charge is 0.506 e. The standard InChI is InChI=1S/C35H23B2N3O14S/c36-14-16-10(21(42)29(50)25(14)46)11-19(28(49)33(54)30(51)22(11)43)40(16)35-34-7(3-4-38-35)8-5-6(1-2-9(8)55-34)39-17-12(20(41)26(47)15(37)24(17)45)13-18(39)27(48)32(53)31(52)23(13)44/h1-5,41-54H,36-37H2. The summed E-state index contributed by atoms with van der Waals surface area (Å²) in [6.45, 7) is 0. The van der Waals surface area contributed by atoms with E-state index in [2.05, 4.69) is 4.98 Å². The SMILES string of the molecule is Bc1c(O)c(O)c2c3c(O)c(O)c(O)c(O)c3n(-c3ccc4sc5c(-n6c7c(B)c(O)c(O)c(O)c7c7c(O)c(O)c(O)c(O)c76)nccc5c4c3)c2c1O. The second-order valence-corrected chi connectivity index (χ2v) is 14.0. The molecule has 0 saturated carbocycles. The Kier molecular flexibility index (Phi) is 6.35.